The van der Waals surface area contributed by atoms with Crippen molar-refractivity contribution in [2.75, 3.05) is 13.1 Å². The summed E-state index contributed by atoms with van der Waals surface area (Å²) >= 11 is 0. The third-order valence-electron chi connectivity index (χ3n) is 5.33. The Labute approximate surface area is 145 Å². The van der Waals surface area contributed by atoms with Gasteiger partial charge in [-0.15, -0.1) is 0 Å². The second kappa shape index (κ2) is 6.70. The van der Waals surface area contributed by atoms with E-state index in [4.69, 9.17) is 0 Å². The number of nitrogens with one attached hydrogen (secondary N) is 1. The molecule has 2 aromatic rings. The topological polar surface area (TPSA) is 32.3 Å². The fourth-order valence-electron chi connectivity index (χ4n) is 3.79. The number of hydrogen-bond donors (Lipinski definition) is 2. The van der Waals surface area contributed by atoms with Gasteiger partial charge in [0.05, 0.1) is 0 Å². The predicted octanol–water partition coefficient (Wildman–Crippen LogP) is 4.22. The molecule has 0 aliphatic carbocycles. The van der Waals surface area contributed by atoms with Crippen LogP contribution in [-0.2, 0) is 11.0 Å². The normalized spacial score (nSPS) is 19.0. The molecule has 0 spiro atoms. The van der Waals surface area contributed by atoms with Crippen molar-refractivity contribution in [3.63, 3.8) is 0 Å². The van der Waals surface area contributed by atoms with Crippen LogP contribution in [0.25, 0.3) is 0 Å². The van der Waals surface area contributed by atoms with Gasteiger partial charge in [0.25, 0.3) is 0 Å². The Hall–Kier alpha value is -1.64. The SMILES string of the molecule is CC(C)(C)c1ccc(C(O)(c2ccccc2)C2CCNCC2)cc1. The largest absolute Gasteiger partial charge is 0.380 e. The minimum absolute atomic E-state index is 0.123. The Balaban J connectivity index is 2.04. The van der Waals surface area contributed by atoms with Crippen LogP contribution in [0.5, 0.6) is 0 Å². The molecule has 0 radical (unpaired) electrons. The van der Waals surface area contributed by atoms with Gasteiger partial charge in [-0.1, -0.05) is 75.4 Å². The molecule has 2 nitrogen and oxygen atoms in total. The molecule has 2 N–H and O–H groups in total. The lowest BCUT2D eigenvalue weighted by Crippen LogP contribution is -2.42. The van der Waals surface area contributed by atoms with E-state index in [9.17, 15) is 5.11 Å². The van der Waals surface area contributed by atoms with Crippen LogP contribution in [-0.4, -0.2) is 18.2 Å². The minimum Gasteiger partial charge on any atom is -0.380 e. The third kappa shape index (κ3) is 3.26. The van der Waals surface area contributed by atoms with E-state index in [2.05, 4.69) is 62.5 Å². The molecule has 24 heavy (non-hydrogen) atoms. The number of rotatable bonds is 3. The molecule has 1 heterocycles. The highest BCUT2D eigenvalue weighted by Crippen LogP contribution is 2.41. The molecular weight excluding hydrogens is 294 g/mol. The van der Waals surface area contributed by atoms with Crippen LogP contribution in [0.2, 0.25) is 0 Å². The lowest BCUT2D eigenvalue weighted by molar-refractivity contribution is 0.00233. The number of piperidine rings is 1. The Morgan fingerprint density at radius 1 is 0.792 bits per heavy atom. The predicted molar refractivity (Wildman–Crippen MR) is 100 cm³/mol. The first kappa shape index (κ1) is 17.2. The van der Waals surface area contributed by atoms with E-state index in [-0.39, 0.29) is 11.3 Å². The van der Waals surface area contributed by atoms with E-state index >= 15 is 0 Å². The summed E-state index contributed by atoms with van der Waals surface area (Å²) in [5.74, 6) is 0.238. The Morgan fingerprint density at radius 3 is 1.83 bits per heavy atom. The highest BCUT2D eigenvalue weighted by molar-refractivity contribution is 5.39. The van der Waals surface area contributed by atoms with Crippen LogP contribution < -0.4 is 5.32 Å². The lowest BCUT2D eigenvalue weighted by atomic mass is 9.71. The van der Waals surface area contributed by atoms with Gasteiger partial charge in [-0.3, -0.25) is 0 Å². The number of hydrogen-bond acceptors (Lipinski definition) is 2. The first-order valence-electron chi connectivity index (χ1n) is 9.02. The van der Waals surface area contributed by atoms with E-state index in [1.54, 1.807) is 0 Å². The molecular formula is C22H29NO. The highest BCUT2D eigenvalue weighted by Gasteiger charge is 2.40. The molecule has 2 aromatic carbocycles. The fraction of sp³-hybridized carbons (Fsp3) is 0.455. The molecule has 0 aromatic heterocycles. The second-order valence-electron chi connectivity index (χ2n) is 7.98. The van der Waals surface area contributed by atoms with Crippen LogP contribution in [0.15, 0.2) is 54.6 Å². The van der Waals surface area contributed by atoms with Crippen molar-refractivity contribution in [2.45, 2.75) is 44.6 Å². The summed E-state index contributed by atoms with van der Waals surface area (Å²) in [6, 6.07) is 18.7. The fourth-order valence-corrected chi connectivity index (χ4v) is 3.79. The van der Waals surface area contributed by atoms with Gasteiger partial charge in [0.15, 0.2) is 0 Å². The standard InChI is InChI=1S/C22H29NO/c1-21(2,3)17-9-11-19(12-10-17)22(24,18-7-5-4-6-8-18)20-13-15-23-16-14-20/h4-12,20,23-24H,13-16H2,1-3H3. The van der Waals surface area contributed by atoms with Gasteiger partial charge in [-0.05, 0) is 54.0 Å². The Kier molecular flexibility index (Phi) is 4.80. The van der Waals surface area contributed by atoms with E-state index in [0.29, 0.717) is 0 Å². The first-order valence-corrected chi connectivity index (χ1v) is 9.02. The number of aliphatic hydroxyl groups is 1. The summed E-state index contributed by atoms with van der Waals surface area (Å²) in [5, 5.41) is 15.3. The molecule has 128 valence electrons. The van der Waals surface area contributed by atoms with Crippen LogP contribution >= 0.6 is 0 Å². The quantitative estimate of drug-likeness (QED) is 0.886. The maximum Gasteiger partial charge on any atom is 0.117 e. The average molecular weight is 323 g/mol. The van der Waals surface area contributed by atoms with Crippen LogP contribution in [0, 0.1) is 5.92 Å². The Bertz CT molecular complexity index is 651. The third-order valence-corrected chi connectivity index (χ3v) is 5.33. The molecule has 0 amide bonds. The molecule has 1 saturated heterocycles. The van der Waals surface area contributed by atoms with Gasteiger partial charge < -0.3 is 10.4 Å². The van der Waals surface area contributed by atoms with Crippen molar-refractivity contribution < 1.29 is 5.11 Å². The van der Waals surface area contributed by atoms with Gasteiger partial charge in [-0.2, -0.15) is 0 Å². The molecule has 2 heteroatoms. The van der Waals surface area contributed by atoms with Crippen LogP contribution in [0.3, 0.4) is 0 Å². The minimum atomic E-state index is -0.917. The molecule has 0 bridgehead atoms. The summed E-state index contributed by atoms with van der Waals surface area (Å²) in [6.07, 6.45) is 1.98. The van der Waals surface area contributed by atoms with Gasteiger partial charge in [0.2, 0.25) is 0 Å². The van der Waals surface area contributed by atoms with Gasteiger partial charge >= 0.3 is 0 Å². The molecule has 3 rings (SSSR count). The van der Waals surface area contributed by atoms with Crippen LogP contribution in [0.4, 0.5) is 0 Å². The smallest absolute Gasteiger partial charge is 0.117 e. The molecule has 0 saturated carbocycles. The van der Waals surface area contributed by atoms with Gasteiger partial charge in [0.1, 0.15) is 5.60 Å². The van der Waals surface area contributed by atoms with Crippen molar-refractivity contribution in [1.29, 1.82) is 0 Å². The zero-order valence-electron chi connectivity index (χ0n) is 15.0. The molecule has 1 aliphatic rings. The van der Waals surface area contributed by atoms with E-state index in [1.807, 2.05) is 18.2 Å². The van der Waals surface area contributed by atoms with Crippen molar-refractivity contribution in [2.24, 2.45) is 5.92 Å². The average Bonchev–Trinajstić information content (AvgIpc) is 2.62. The van der Waals surface area contributed by atoms with Crippen molar-refractivity contribution in [1.82, 2.24) is 5.32 Å². The maximum absolute atomic E-state index is 11.8. The maximum atomic E-state index is 11.8. The van der Waals surface area contributed by atoms with Crippen LogP contribution in [0.1, 0.15) is 50.3 Å². The van der Waals surface area contributed by atoms with Crippen molar-refractivity contribution in [3.8, 4) is 0 Å². The zero-order valence-corrected chi connectivity index (χ0v) is 15.0. The molecule has 1 fully saturated rings. The summed E-state index contributed by atoms with van der Waals surface area (Å²) in [5.41, 5.74) is 2.51. The monoisotopic (exact) mass is 323 g/mol. The van der Waals surface area contributed by atoms with E-state index in [0.717, 1.165) is 37.1 Å². The zero-order chi connectivity index (χ0) is 17.2. The van der Waals surface area contributed by atoms with E-state index < -0.39 is 5.60 Å². The van der Waals surface area contributed by atoms with Crippen molar-refractivity contribution >= 4 is 0 Å². The molecule has 1 atom stereocenters. The summed E-state index contributed by atoms with van der Waals surface area (Å²) in [6.45, 7) is 8.61. The summed E-state index contributed by atoms with van der Waals surface area (Å²) < 4.78 is 0. The number of benzene rings is 2. The summed E-state index contributed by atoms with van der Waals surface area (Å²) in [4.78, 5) is 0. The second-order valence-corrected chi connectivity index (χ2v) is 7.98. The molecule has 1 aliphatic heterocycles. The highest BCUT2D eigenvalue weighted by atomic mass is 16.3. The van der Waals surface area contributed by atoms with Gasteiger partial charge in [-0.25, -0.2) is 0 Å². The summed E-state index contributed by atoms with van der Waals surface area (Å²) in [7, 11) is 0. The lowest BCUT2D eigenvalue weighted by Gasteiger charge is -2.40. The molecule has 1 unspecified atom stereocenters. The Morgan fingerprint density at radius 2 is 1.29 bits per heavy atom. The van der Waals surface area contributed by atoms with Gasteiger partial charge in [0, 0.05) is 0 Å². The van der Waals surface area contributed by atoms with E-state index in [1.165, 1.54) is 5.56 Å². The first-order chi connectivity index (χ1) is 11.4. The van der Waals surface area contributed by atoms with Crippen molar-refractivity contribution in [3.05, 3.63) is 71.3 Å².